The highest BCUT2D eigenvalue weighted by molar-refractivity contribution is 5.94. The SMILES string of the molecule is O=C(NCc1ccc(CCc2ccccc2)cc1)c1ccc2ncccc2n1. The summed E-state index contributed by atoms with van der Waals surface area (Å²) in [7, 11) is 0. The second kappa shape index (κ2) is 8.44. The van der Waals surface area contributed by atoms with Gasteiger partial charge in [-0.15, -0.1) is 0 Å². The molecule has 0 aliphatic carbocycles. The van der Waals surface area contributed by atoms with Crippen molar-refractivity contribution in [2.75, 3.05) is 0 Å². The fraction of sp³-hybridized carbons (Fsp3) is 0.125. The topological polar surface area (TPSA) is 54.9 Å². The van der Waals surface area contributed by atoms with Crippen molar-refractivity contribution in [3.8, 4) is 0 Å². The first-order valence-electron chi connectivity index (χ1n) is 9.40. The third kappa shape index (κ3) is 4.41. The van der Waals surface area contributed by atoms with Gasteiger partial charge in [-0.05, 0) is 53.8 Å². The second-order valence-corrected chi connectivity index (χ2v) is 6.72. The summed E-state index contributed by atoms with van der Waals surface area (Å²) in [6.45, 7) is 0.477. The van der Waals surface area contributed by atoms with Gasteiger partial charge >= 0.3 is 0 Å². The molecule has 2 aromatic heterocycles. The Morgan fingerprint density at radius 2 is 1.43 bits per heavy atom. The first-order chi connectivity index (χ1) is 13.8. The summed E-state index contributed by atoms with van der Waals surface area (Å²) in [4.78, 5) is 21.0. The molecular formula is C24H21N3O. The Morgan fingerprint density at radius 1 is 0.714 bits per heavy atom. The van der Waals surface area contributed by atoms with E-state index in [-0.39, 0.29) is 5.91 Å². The molecule has 0 spiro atoms. The van der Waals surface area contributed by atoms with Crippen LogP contribution in [0.4, 0.5) is 0 Å². The molecule has 0 aliphatic heterocycles. The van der Waals surface area contributed by atoms with Crippen LogP contribution in [-0.2, 0) is 19.4 Å². The average molecular weight is 367 g/mol. The lowest BCUT2D eigenvalue weighted by Crippen LogP contribution is -2.23. The molecule has 0 saturated carbocycles. The molecule has 4 rings (SSSR count). The van der Waals surface area contributed by atoms with E-state index in [9.17, 15) is 4.79 Å². The summed E-state index contributed by atoms with van der Waals surface area (Å²) in [6.07, 6.45) is 3.75. The molecule has 2 aromatic carbocycles. The van der Waals surface area contributed by atoms with Crippen molar-refractivity contribution in [1.82, 2.24) is 15.3 Å². The van der Waals surface area contributed by atoms with E-state index < -0.39 is 0 Å². The van der Waals surface area contributed by atoms with Crippen molar-refractivity contribution < 1.29 is 4.79 Å². The number of nitrogens with one attached hydrogen (secondary N) is 1. The molecule has 4 heteroatoms. The van der Waals surface area contributed by atoms with Crippen LogP contribution in [0.5, 0.6) is 0 Å². The lowest BCUT2D eigenvalue weighted by molar-refractivity contribution is 0.0946. The van der Waals surface area contributed by atoms with E-state index in [2.05, 4.69) is 63.8 Å². The van der Waals surface area contributed by atoms with Gasteiger partial charge in [-0.1, -0.05) is 54.6 Å². The minimum Gasteiger partial charge on any atom is -0.347 e. The number of carbonyl (C=O) groups is 1. The van der Waals surface area contributed by atoms with E-state index in [1.807, 2.05) is 24.3 Å². The second-order valence-electron chi connectivity index (χ2n) is 6.72. The van der Waals surface area contributed by atoms with E-state index in [0.717, 1.165) is 29.4 Å². The minimum atomic E-state index is -0.182. The van der Waals surface area contributed by atoms with Crippen LogP contribution in [0.2, 0.25) is 0 Å². The van der Waals surface area contributed by atoms with Crippen LogP contribution in [0.15, 0.2) is 85.1 Å². The molecule has 28 heavy (non-hydrogen) atoms. The molecular weight excluding hydrogens is 346 g/mol. The predicted octanol–water partition coefficient (Wildman–Crippen LogP) is 4.35. The predicted molar refractivity (Wildman–Crippen MR) is 111 cm³/mol. The fourth-order valence-electron chi connectivity index (χ4n) is 3.11. The van der Waals surface area contributed by atoms with Crippen LogP contribution in [0.1, 0.15) is 27.2 Å². The number of aromatic nitrogens is 2. The van der Waals surface area contributed by atoms with Crippen molar-refractivity contribution in [3.63, 3.8) is 0 Å². The molecule has 0 radical (unpaired) electrons. The quantitative estimate of drug-likeness (QED) is 0.551. The summed E-state index contributed by atoms with van der Waals surface area (Å²) < 4.78 is 0. The monoisotopic (exact) mass is 367 g/mol. The van der Waals surface area contributed by atoms with Crippen molar-refractivity contribution in [1.29, 1.82) is 0 Å². The zero-order chi connectivity index (χ0) is 19.2. The van der Waals surface area contributed by atoms with Gasteiger partial charge in [-0.2, -0.15) is 0 Å². The smallest absolute Gasteiger partial charge is 0.270 e. The molecule has 2 heterocycles. The maximum Gasteiger partial charge on any atom is 0.270 e. The number of rotatable bonds is 6. The first-order valence-corrected chi connectivity index (χ1v) is 9.40. The number of aryl methyl sites for hydroxylation is 2. The fourth-order valence-corrected chi connectivity index (χ4v) is 3.11. The van der Waals surface area contributed by atoms with Crippen LogP contribution < -0.4 is 5.32 Å². The molecule has 0 aliphatic rings. The van der Waals surface area contributed by atoms with Gasteiger partial charge in [0.2, 0.25) is 0 Å². The Hall–Kier alpha value is -3.53. The van der Waals surface area contributed by atoms with E-state index in [0.29, 0.717) is 12.2 Å². The van der Waals surface area contributed by atoms with E-state index in [1.54, 1.807) is 12.3 Å². The van der Waals surface area contributed by atoms with E-state index >= 15 is 0 Å². The third-order valence-corrected chi connectivity index (χ3v) is 4.71. The Balaban J connectivity index is 1.33. The number of fused-ring (bicyclic) bond motifs is 1. The van der Waals surface area contributed by atoms with Gasteiger partial charge in [0.1, 0.15) is 5.69 Å². The highest BCUT2D eigenvalue weighted by atomic mass is 16.1. The van der Waals surface area contributed by atoms with Crippen molar-refractivity contribution in [2.45, 2.75) is 19.4 Å². The minimum absolute atomic E-state index is 0.182. The molecule has 0 bridgehead atoms. The Morgan fingerprint density at radius 3 is 2.21 bits per heavy atom. The maximum absolute atomic E-state index is 12.4. The molecule has 4 aromatic rings. The number of carbonyl (C=O) groups excluding carboxylic acids is 1. The summed E-state index contributed by atoms with van der Waals surface area (Å²) in [5.41, 5.74) is 5.61. The van der Waals surface area contributed by atoms with E-state index in [1.165, 1.54) is 11.1 Å². The van der Waals surface area contributed by atoms with Crippen molar-refractivity contribution in [3.05, 3.63) is 107 Å². The Bertz CT molecular complexity index is 1080. The number of benzene rings is 2. The van der Waals surface area contributed by atoms with Crippen molar-refractivity contribution >= 4 is 16.9 Å². The number of amides is 1. The van der Waals surface area contributed by atoms with Gasteiger partial charge in [-0.25, -0.2) is 4.98 Å². The third-order valence-electron chi connectivity index (χ3n) is 4.71. The van der Waals surface area contributed by atoms with Gasteiger partial charge in [0.05, 0.1) is 11.0 Å². The van der Waals surface area contributed by atoms with Crippen LogP contribution in [0, 0.1) is 0 Å². The standard InChI is InChI=1S/C24H21N3O/c28-24(23-15-14-21-22(27-23)7-4-16-25-21)26-17-20-12-10-19(11-13-20)9-8-18-5-2-1-3-6-18/h1-7,10-16H,8-9,17H2,(H,26,28). The summed E-state index contributed by atoms with van der Waals surface area (Å²) in [5.74, 6) is -0.182. The molecule has 0 saturated heterocycles. The van der Waals surface area contributed by atoms with Crippen molar-refractivity contribution in [2.24, 2.45) is 0 Å². The maximum atomic E-state index is 12.4. The largest absolute Gasteiger partial charge is 0.347 e. The molecule has 1 amide bonds. The zero-order valence-corrected chi connectivity index (χ0v) is 15.5. The molecule has 0 atom stereocenters. The zero-order valence-electron chi connectivity index (χ0n) is 15.5. The van der Waals surface area contributed by atoms with Gasteiger partial charge < -0.3 is 5.32 Å². The summed E-state index contributed by atoms with van der Waals surface area (Å²) in [6, 6.07) is 26.1. The Labute approximate surface area is 164 Å². The number of hydrogen-bond acceptors (Lipinski definition) is 3. The highest BCUT2D eigenvalue weighted by Gasteiger charge is 2.08. The normalized spacial score (nSPS) is 10.7. The number of hydrogen-bond donors (Lipinski definition) is 1. The number of nitrogens with zero attached hydrogens (tertiary/aromatic N) is 2. The summed E-state index contributed by atoms with van der Waals surface area (Å²) >= 11 is 0. The average Bonchev–Trinajstić information content (AvgIpc) is 2.77. The van der Waals surface area contributed by atoms with Crippen LogP contribution >= 0.6 is 0 Å². The molecule has 138 valence electrons. The molecule has 4 nitrogen and oxygen atoms in total. The van der Waals surface area contributed by atoms with Gasteiger partial charge in [0.25, 0.3) is 5.91 Å². The van der Waals surface area contributed by atoms with Crippen LogP contribution in [0.25, 0.3) is 11.0 Å². The van der Waals surface area contributed by atoms with Gasteiger partial charge in [-0.3, -0.25) is 9.78 Å². The Kier molecular flexibility index (Phi) is 5.38. The summed E-state index contributed by atoms with van der Waals surface area (Å²) in [5, 5.41) is 2.94. The molecule has 0 fully saturated rings. The lowest BCUT2D eigenvalue weighted by atomic mass is 10.0. The van der Waals surface area contributed by atoms with E-state index in [4.69, 9.17) is 0 Å². The molecule has 0 unspecified atom stereocenters. The van der Waals surface area contributed by atoms with Crippen LogP contribution in [-0.4, -0.2) is 15.9 Å². The highest BCUT2D eigenvalue weighted by Crippen LogP contribution is 2.11. The molecule has 1 N–H and O–H groups in total. The number of pyridine rings is 2. The lowest BCUT2D eigenvalue weighted by Gasteiger charge is -2.07. The van der Waals surface area contributed by atoms with Gasteiger partial charge in [0.15, 0.2) is 0 Å². The van der Waals surface area contributed by atoms with Crippen LogP contribution in [0.3, 0.4) is 0 Å². The van der Waals surface area contributed by atoms with Gasteiger partial charge in [0, 0.05) is 12.7 Å². The first kappa shape index (κ1) is 17.9.